The average Bonchev–Trinajstić information content (AvgIpc) is 2.88. The Balaban J connectivity index is 1.54. The summed E-state index contributed by atoms with van der Waals surface area (Å²) >= 11 is 1.56. The van der Waals surface area contributed by atoms with Crippen molar-refractivity contribution in [1.29, 1.82) is 0 Å². The van der Waals surface area contributed by atoms with Gasteiger partial charge in [0.05, 0.1) is 16.1 Å². The molecule has 0 aliphatic carbocycles. The smallest absolute Gasteiger partial charge is 0.336 e. The fraction of sp³-hybridized carbons (Fsp3) is 0.185. The van der Waals surface area contributed by atoms with Crippen LogP contribution in [0.3, 0.4) is 0 Å². The van der Waals surface area contributed by atoms with Gasteiger partial charge in [0, 0.05) is 23.4 Å². The van der Waals surface area contributed by atoms with Crippen LogP contribution in [0.2, 0.25) is 0 Å². The number of carbonyl (C=O) groups excluding carboxylic acids is 1. The van der Waals surface area contributed by atoms with Gasteiger partial charge in [0.1, 0.15) is 11.4 Å². The van der Waals surface area contributed by atoms with Crippen LogP contribution in [0, 0.1) is 0 Å². The Morgan fingerprint density at radius 3 is 2.49 bits per heavy atom. The van der Waals surface area contributed by atoms with E-state index in [9.17, 15) is 19.8 Å². The number of rotatable bonds is 9. The number of carboxylic acid groups (broad SMARTS) is 1. The highest BCUT2D eigenvalue weighted by molar-refractivity contribution is 7.98. The fourth-order valence-electron chi connectivity index (χ4n) is 3.72. The maximum Gasteiger partial charge on any atom is 0.336 e. The van der Waals surface area contributed by atoms with Crippen LogP contribution in [0.15, 0.2) is 78.0 Å². The summed E-state index contributed by atoms with van der Waals surface area (Å²) in [4.78, 5) is 33.8. The molecule has 0 fully saturated rings. The summed E-state index contributed by atoms with van der Waals surface area (Å²) in [5.74, 6) is -0.721. The van der Waals surface area contributed by atoms with Crippen LogP contribution in [0.25, 0.3) is 10.9 Å². The number of benzene rings is 2. The van der Waals surface area contributed by atoms with E-state index in [2.05, 4.69) is 15.3 Å². The van der Waals surface area contributed by atoms with Gasteiger partial charge in [0.15, 0.2) is 0 Å². The SMILES string of the molecule is CC[C@H](Cc1ccc(O)cc1)NC(=O)c1cc(C(=O)O)c2cc(CSc3ccccn3)ccc2n1. The lowest BCUT2D eigenvalue weighted by atomic mass is 10.0. The van der Waals surface area contributed by atoms with E-state index in [-0.39, 0.29) is 23.0 Å². The standard InChI is InChI=1S/C27H25N3O4S/c1-2-19(13-17-6-9-20(31)10-7-17)29-26(32)24-15-22(27(33)34)21-14-18(8-11-23(21)30-24)16-35-25-5-3-4-12-28-25/h3-12,14-15,19,31H,2,13,16H2,1H3,(H,29,32)(H,33,34)/t19-/m1/s1. The number of pyridine rings is 2. The molecule has 35 heavy (non-hydrogen) atoms. The van der Waals surface area contributed by atoms with E-state index >= 15 is 0 Å². The summed E-state index contributed by atoms with van der Waals surface area (Å²) in [6.07, 6.45) is 3.00. The first-order chi connectivity index (χ1) is 16.9. The number of phenolic OH excluding ortho intramolecular Hbond substituents is 1. The van der Waals surface area contributed by atoms with E-state index in [0.717, 1.165) is 16.2 Å². The van der Waals surface area contributed by atoms with Gasteiger partial charge in [-0.1, -0.05) is 31.2 Å². The molecule has 178 valence electrons. The van der Waals surface area contributed by atoms with Gasteiger partial charge < -0.3 is 15.5 Å². The van der Waals surface area contributed by atoms with Crippen molar-refractivity contribution in [3.8, 4) is 5.75 Å². The van der Waals surface area contributed by atoms with Gasteiger partial charge >= 0.3 is 5.97 Å². The minimum atomic E-state index is -1.11. The van der Waals surface area contributed by atoms with Crippen LogP contribution >= 0.6 is 11.8 Å². The van der Waals surface area contributed by atoms with Crippen LogP contribution < -0.4 is 5.32 Å². The molecular weight excluding hydrogens is 462 g/mol. The van der Waals surface area contributed by atoms with Crippen molar-refractivity contribution in [2.75, 3.05) is 0 Å². The number of aromatic carboxylic acids is 1. The summed E-state index contributed by atoms with van der Waals surface area (Å²) in [5.41, 5.74) is 2.47. The Hall–Kier alpha value is -3.91. The van der Waals surface area contributed by atoms with E-state index in [1.807, 2.05) is 49.4 Å². The lowest BCUT2D eigenvalue weighted by Gasteiger charge is -2.17. The molecule has 1 atom stereocenters. The molecule has 0 bridgehead atoms. The minimum Gasteiger partial charge on any atom is -0.508 e. The van der Waals surface area contributed by atoms with Gasteiger partial charge in [-0.3, -0.25) is 4.79 Å². The maximum atomic E-state index is 13.0. The predicted molar refractivity (Wildman–Crippen MR) is 136 cm³/mol. The molecular formula is C27H25N3O4S. The molecule has 2 aromatic heterocycles. The van der Waals surface area contributed by atoms with Crippen LogP contribution in [0.4, 0.5) is 0 Å². The Kier molecular flexibility index (Phi) is 7.62. The molecule has 0 saturated carbocycles. The first kappa shape index (κ1) is 24.2. The number of nitrogens with zero attached hydrogens (tertiary/aromatic N) is 2. The number of aromatic hydroxyl groups is 1. The predicted octanol–water partition coefficient (Wildman–Crippen LogP) is 5.08. The molecule has 0 aliphatic rings. The van der Waals surface area contributed by atoms with E-state index in [0.29, 0.717) is 29.5 Å². The van der Waals surface area contributed by atoms with Crippen LogP contribution in [-0.2, 0) is 12.2 Å². The molecule has 0 spiro atoms. The number of hydrogen-bond donors (Lipinski definition) is 3. The van der Waals surface area contributed by atoms with Gasteiger partial charge in [0.25, 0.3) is 5.91 Å². The number of carbonyl (C=O) groups is 2. The van der Waals surface area contributed by atoms with Gasteiger partial charge in [-0.15, -0.1) is 11.8 Å². The molecule has 2 heterocycles. The molecule has 4 aromatic rings. The van der Waals surface area contributed by atoms with Crippen molar-refractivity contribution in [2.45, 2.75) is 36.6 Å². The maximum absolute atomic E-state index is 13.0. The summed E-state index contributed by atoms with van der Waals surface area (Å²) in [5, 5.41) is 23.6. The van der Waals surface area contributed by atoms with E-state index in [1.54, 1.807) is 36.2 Å². The zero-order chi connectivity index (χ0) is 24.8. The summed E-state index contributed by atoms with van der Waals surface area (Å²) in [6, 6.07) is 19.2. The van der Waals surface area contributed by atoms with Crippen LogP contribution in [0.1, 0.15) is 45.3 Å². The Bertz CT molecular complexity index is 1340. The highest BCUT2D eigenvalue weighted by atomic mass is 32.2. The third-order valence-electron chi connectivity index (χ3n) is 5.61. The molecule has 0 aliphatic heterocycles. The first-order valence-corrected chi connectivity index (χ1v) is 12.2. The first-order valence-electron chi connectivity index (χ1n) is 11.2. The molecule has 0 radical (unpaired) electrons. The average molecular weight is 488 g/mol. The van der Waals surface area contributed by atoms with Gasteiger partial charge in [-0.25, -0.2) is 14.8 Å². The molecule has 2 aromatic carbocycles. The summed E-state index contributed by atoms with van der Waals surface area (Å²) in [7, 11) is 0. The van der Waals surface area contributed by atoms with Gasteiger partial charge in [0.2, 0.25) is 0 Å². The molecule has 7 nitrogen and oxygen atoms in total. The monoisotopic (exact) mass is 487 g/mol. The normalized spacial score (nSPS) is 11.8. The Morgan fingerprint density at radius 2 is 1.80 bits per heavy atom. The zero-order valence-electron chi connectivity index (χ0n) is 19.1. The number of hydrogen-bond acceptors (Lipinski definition) is 6. The highest BCUT2D eigenvalue weighted by Gasteiger charge is 2.19. The zero-order valence-corrected chi connectivity index (χ0v) is 20.0. The Morgan fingerprint density at radius 1 is 1.03 bits per heavy atom. The minimum absolute atomic E-state index is 0.0384. The lowest BCUT2D eigenvalue weighted by Crippen LogP contribution is -2.36. The number of carboxylic acids is 1. The summed E-state index contributed by atoms with van der Waals surface area (Å²) < 4.78 is 0. The second-order valence-electron chi connectivity index (χ2n) is 8.12. The van der Waals surface area contributed by atoms with Crippen molar-refractivity contribution in [3.05, 3.63) is 95.3 Å². The topological polar surface area (TPSA) is 112 Å². The van der Waals surface area contributed by atoms with Crippen molar-refractivity contribution < 1.29 is 19.8 Å². The largest absolute Gasteiger partial charge is 0.508 e. The van der Waals surface area contributed by atoms with E-state index in [4.69, 9.17) is 0 Å². The third-order valence-corrected chi connectivity index (χ3v) is 6.62. The highest BCUT2D eigenvalue weighted by Crippen LogP contribution is 2.25. The van der Waals surface area contributed by atoms with Gasteiger partial charge in [-0.2, -0.15) is 0 Å². The number of nitrogens with one attached hydrogen (secondary N) is 1. The van der Waals surface area contributed by atoms with Crippen LogP contribution in [-0.4, -0.2) is 38.1 Å². The second-order valence-corrected chi connectivity index (χ2v) is 9.11. The number of fused-ring (bicyclic) bond motifs is 1. The molecule has 0 saturated heterocycles. The van der Waals surface area contributed by atoms with Crippen molar-refractivity contribution in [2.24, 2.45) is 0 Å². The van der Waals surface area contributed by atoms with Gasteiger partial charge in [-0.05, 0) is 66.4 Å². The third kappa shape index (κ3) is 6.16. The molecule has 3 N–H and O–H groups in total. The Labute approximate surface area is 207 Å². The van der Waals surface area contributed by atoms with Crippen LogP contribution in [0.5, 0.6) is 5.75 Å². The quantitative estimate of drug-likeness (QED) is 0.282. The van der Waals surface area contributed by atoms with Crippen molar-refractivity contribution in [1.82, 2.24) is 15.3 Å². The number of aromatic nitrogens is 2. The molecule has 4 rings (SSSR count). The van der Waals surface area contributed by atoms with Crippen molar-refractivity contribution >= 4 is 34.5 Å². The van der Waals surface area contributed by atoms with E-state index in [1.165, 1.54) is 6.07 Å². The lowest BCUT2D eigenvalue weighted by molar-refractivity contribution is 0.0699. The summed E-state index contributed by atoms with van der Waals surface area (Å²) in [6.45, 7) is 1.96. The molecule has 8 heteroatoms. The molecule has 0 unspecified atom stereocenters. The van der Waals surface area contributed by atoms with Crippen molar-refractivity contribution in [3.63, 3.8) is 0 Å². The molecule has 1 amide bonds. The number of amides is 1. The number of phenols is 1. The second kappa shape index (κ2) is 11.0. The fourth-order valence-corrected chi connectivity index (χ4v) is 4.52. The number of thioether (sulfide) groups is 1. The van der Waals surface area contributed by atoms with E-state index < -0.39 is 11.9 Å².